The maximum absolute atomic E-state index is 12.1. The predicted octanol–water partition coefficient (Wildman–Crippen LogP) is 0.855. The molecule has 0 bridgehead atoms. The molecule has 1 atom stereocenters. The van der Waals surface area contributed by atoms with Gasteiger partial charge in [-0.25, -0.2) is 0 Å². The molecule has 0 saturated carbocycles. The summed E-state index contributed by atoms with van der Waals surface area (Å²) in [7, 11) is 1.46. The number of hydrogen-bond donors (Lipinski definition) is 2. The summed E-state index contributed by atoms with van der Waals surface area (Å²) in [6, 6.07) is -0.461. The minimum atomic E-state index is -0.653. The van der Waals surface area contributed by atoms with Gasteiger partial charge in [0.2, 0.25) is 5.69 Å². The quantitative estimate of drug-likeness (QED) is 0.615. The van der Waals surface area contributed by atoms with Crippen molar-refractivity contribution in [1.29, 1.82) is 0 Å². The largest absolute Gasteiger partial charge is 0.394 e. The molecule has 0 aliphatic carbocycles. The molecule has 0 aromatic carbocycles. The first-order chi connectivity index (χ1) is 9.15. The zero-order valence-corrected chi connectivity index (χ0v) is 12.1. The number of nitrogens with zero attached hydrogens (tertiary/aromatic N) is 3. The lowest BCUT2D eigenvalue weighted by molar-refractivity contribution is -0.385. The Bertz CT molecular complexity index is 504. The van der Waals surface area contributed by atoms with Crippen molar-refractivity contribution in [1.82, 2.24) is 15.1 Å². The average molecular weight is 284 g/mol. The van der Waals surface area contributed by atoms with Crippen LogP contribution in [0.25, 0.3) is 0 Å². The highest BCUT2D eigenvalue weighted by Crippen LogP contribution is 2.22. The Kier molecular flexibility index (Phi) is 4.83. The van der Waals surface area contributed by atoms with Crippen LogP contribution in [0.1, 0.15) is 37.7 Å². The van der Waals surface area contributed by atoms with Crippen LogP contribution < -0.4 is 5.32 Å². The van der Waals surface area contributed by atoms with Crippen molar-refractivity contribution in [2.45, 2.75) is 33.2 Å². The molecule has 8 heteroatoms. The lowest BCUT2D eigenvalue weighted by Crippen LogP contribution is -2.40. The van der Waals surface area contributed by atoms with Gasteiger partial charge < -0.3 is 10.4 Å². The van der Waals surface area contributed by atoms with E-state index in [9.17, 15) is 20.0 Å². The monoisotopic (exact) mass is 284 g/mol. The molecule has 0 fully saturated rings. The zero-order valence-electron chi connectivity index (χ0n) is 12.1. The van der Waals surface area contributed by atoms with Crippen molar-refractivity contribution < 1.29 is 14.8 Å². The second-order valence-electron chi connectivity index (χ2n) is 5.88. The minimum Gasteiger partial charge on any atom is -0.394 e. The Balaban J connectivity index is 2.90. The smallest absolute Gasteiger partial charge is 0.320 e. The van der Waals surface area contributed by atoms with Gasteiger partial charge in [0.05, 0.1) is 17.6 Å². The van der Waals surface area contributed by atoms with E-state index in [1.165, 1.54) is 7.05 Å². The zero-order chi connectivity index (χ0) is 15.5. The van der Waals surface area contributed by atoms with Gasteiger partial charge in [0.25, 0.3) is 5.91 Å². The number of aromatic nitrogens is 2. The van der Waals surface area contributed by atoms with Gasteiger partial charge in [0, 0.05) is 7.05 Å². The minimum absolute atomic E-state index is 0.0843. The summed E-state index contributed by atoms with van der Waals surface area (Å²) in [6.07, 6.45) is 1.59. The van der Waals surface area contributed by atoms with Crippen LogP contribution in [0.4, 0.5) is 5.69 Å². The fourth-order valence-corrected chi connectivity index (χ4v) is 1.98. The topological polar surface area (TPSA) is 110 Å². The third kappa shape index (κ3) is 4.02. The first kappa shape index (κ1) is 16.1. The lowest BCUT2D eigenvalue weighted by Gasteiger charge is -2.25. The summed E-state index contributed by atoms with van der Waals surface area (Å²) in [6.45, 7) is 5.71. The van der Waals surface area contributed by atoms with Crippen molar-refractivity contribution in [2.75, 3.05) is 6.61 Å². The highest BCUT2D eigenvalue weighted by molar-refractivity contribution is 5.96. The van der Waals surface area contributed by atoms with E-state index in [1.807, 2.05) is 20.8 Å². The second kappa shape index (κ2) is 6.00. The maximum Gasteiger partial charge on any atom is 0.320 e. The average Bonchev–Trinajstić information content (AvgIpc) is 2.68. The normalized spacial score (nSPS) is 13.1. The molecule has 2 N–H and O–H groups in total. The number of rotatable bonds is 5. The molecule has 1 unspecified atom stereocenters. The van der Waals surface area contributed by atoms with Gasteiger partial charge in [-0.05, 0) is 11.8 Å². The van der Waals surface area contributed by atoms with Gasteiger partial charge in [0.1, 0.15) is 6.20 Å². The summed E-state index contributed by atoms with van der Waals surface area (Å²) < 4.78 is 1.15. The molecule has 0 radical (unpaired) electrons. The molecule has 20 heavy (non-hydrogen) atoms. The Morgan fingerprint density at radius 2 is 2.20 bits per heavy atom. The van der Waals surface area contributed by atoms with E-state index < -0.39 is 16.9 Å². The maximum atomic E-state index is 12.1. The fourth-order valence-electron chi connectivity index (χ4n) is 1.98. The molecule has 1 aromatic heterocycles. The molecule has 1 rings (SSSR count). The molecule has 112 valence electrons. The van der Waals surface area contributed by atoms with Gasteiger partial charge in [-0.15, -0.1) is 0 Å². The van der Waals surface area contributed by atoms with Crippen LogP contribution in [0, 0.1) is 15.5 Å². The number of nitro groups is 1. The molecular formula is C12H20N4O4. The summed E-state index contributed by atoms with van der Waals surface area (Å²) in [5.41, 5.74) is -0.557. The van der Waals surface area contributed by atoms with Crippen molar-refractivity contribution in [3.63, 3.8) is 0 Å². The lowest BCUT2D eigenvalue weighted by atomic mass is 9.88. The van der Waals surface area contributed by atoms with E-state index >= 15 is 0 Å². The summed E-state index contributed by atoms with van der Waals surface area (Å²) >= 11 is 0. The Morgan fingerprint density at radius 3 is 2.65 bits per heavy atom. The number of aliphatic hydroxyl groups is 1. The van der Waals surface area contributed by atoms with Gasteiger partial charge in [0.15, 0.2) is 0 Å². The van der Waals surface area contributed by atoms with E-state index in [4.69, 9.17) is 0 Å². The molecular weight excluding hydrogens is 264 g/mol. The van der Waals surface area contributed by atoms with E-state index in [0.29, 0.717) is 6.42 Å². The fraction of sp³-hybridized carbons (Fsp3) is 0.667. The van der Waals surface area contributed by atoms with Crippen LogP contribution in [-0.4, -0.2) is 38.4 Å². The first-order valence-electron chi connectivity index (χ1n) is 6.24. The van der Waals surface area contributed by atoms with Crippen LogP contribution in [0.5, 0.6) is 0 Å². The van der Waals surface area contributed by atoms with Gasteiger partial charge in [-0.1, -0.05) is 20.8 Å². The summed E-state index contributed by atoms with van der Waals surface area (Å²) in [5.74, 6) is -0.611. The van der Waals surface area contributed by atoms with Gasteiger partial charge in [-0.3, -0.25) is 19.6 Å². The van der Waals surface area contributed by atoms with Gasteiger partial charge in [-0.2, -0.15) is 5.10 Å². The Labute approximate surface area is 116 Å². The molecule has 0 aliphatic rings. The van der Waals surface area contributed by atoms with Crippen molar-refractivity contribution in [2.24, 2.45) is 12.5 Å². The third-order valence-corrected chi connectivity index (χ3v) is 2.75. The Hall–Kier alpha value is -1.96. The van der Waals surface area contributed by atoms with Gasteiger partial charge >= 0.3 is 5.69 Å². The standard InChI is InChI=1S/C12H20N4O4/c1-12(2,3)5-8(7-17)14-11(18)10-9(16(19)20)6-13-15(10)4/h6,8,17H,5,7H2,1-4H3,(H,14,18). The molecule has 1 aromatic rings. The highest BCUT2D eigenvalue weighted by Gasteiger charge is 2.28. The number of aliphatic hydroxyl groups excluding tert-OH is 1. The summed E-state index contributed by atoms with van der Waals surface area (Å²) in [4.78, 5) is 22.3. The number of amides is 1. The summed E-state index contributed by atoms with van der Waals surface area (Å²) in [5, 5.41) is 26.5. The van der Waals surface area contributed by atoms with Crippen molar-refractivity contribution in [3.05, 3.63) is 22.0 Å². The molecule has 0 spiro atoms. The third-order valence-electron chi connectivity index (χ3n) is 2.75. The van der Waals surface area contributed by atoms with E-state index in [2.05, 4.69) is 10.4 Å². The molecule has 8 nitrogen and oxygen atoms in total. The van der Waals surface area contributed by atoms with E-state index in [0.717, 1.165) is 10.9 Å². The predicted molar refractivity (Wildman–Crippen MR) is 72.3 cm³/mol. The van der Waals surface area contributed by atoms with Crippen molar-refractivity contribution >= 4 is 11.6 Å². The van der Waals surface area contributed by atoms with Crippen LogP contribution in [0.15, 0.2) is 6.20 Å². The molecule has 1 heterocycles. The number of carbonyl (C=O) groups excluding carboxylic acids is 1. The van der Waals surface area contributed by atoms with E-state index in [1.54, 1.807) is 0 Å². The molecule has 0 saturated heterocycles. The first-order valence-corrected chi connectivity index (χ1v) is 6.24. The highest BCUT2D eigenvalue weighted by atomic mass is 16.6. The number of nitrogens with one attached hydrogen (secondary N) is 1. The van der Waals surface area contributed by atoms with Crippen LogP contribution >= 0.6 is 0 Å². The van der Waals surface area contributed by atoms with Crippen LogP contribution in [0.2, 0.25) is 0 Å². The van der Waals surface area contributed by atoms with E-state index in [-0.39, 0.29) is 23.4 Å². The van der Waals surface area contributed by atoms with Crippen LogP contribution in [0.3, 0.4) is 0 Å². The Morgan fingerprint density at radius 1 is 1.60 bits per heavy atom. The van der Waals surface area contributed by atoms with Crippen molar-refractivity contribution in [3.8, 4) is 0 Å². The number of aryl methyl sites for hydroxylation is 1. The second-order valence-corrected chi connectivity index (χ2v) is 5.88. The molecule has 0 aliphatic heterocycles. The van der Waals surface area contributed by atoms with Crippen LogP contribution in [-0.2, 0) is 7.05 Å². The number of carbonyl (C=O) groups is 1. The molecule has 1 amide bonds. The number of hydrogen-bond acceptors (Lipinski definition) is 5. The SMILES string of the molecule is Cn1ncc([N+](=O)[O-])c1C(=O)NC(CO)CC(C)(C)C.